The van der Waals surface area contributed by atoms with Gasteiger partial charge in [0.2, 0.25) is 0 Å². The Morgan fingerprint density at radius 1 is 1.10 bits per heavy atom. The van der Waals surface area contributed by atoms with E-state index in [4.69, 9.17) is 34.8 Å². The van der Waals surface area contributed by atoms with Gasteiger partial charge in [0.15, 0.2) is 0 Å². The Labute approximate surface area is 142 Å². The molecule has 0 spiro atoms. The SMILES string of the molecule is CCC(Nc1c(Cl)cc(Br)cc1Cl)c1cccc(Cl)c1. The van der Waals surface area contributed by atoms with E-state index in [0.717, 1.165) is 27.2 Å². The Morgan fingerprint density at radius 2 is 1.75 bits per heavy atom. The Bertz CT molecular complexity index is 593. The third kappa shape index (κ3) is 3.82. The van der Waals surface area contributed by atoms with Crippen molar-refractivity contribution >= 4 is 56.4 Å². The zero-order chi connectivity index (χ0) is 14.7. The van der Waals surface area contributed by atoms with Gasteiger partial charge in [0.05, 0.1) is 21.8 Å². The molecule has 0 saturated heterocycles. The summed E-state index contributed by atoms with van der Waals surface area (Å²) in [4.78, 5) is 0. The summed E-state index contributed by atoms with van der Waals surface area (Å²) in [5, 5.41) is 5.29. The molecule has 1 nitrogen and oxygen atoms in total. The molecule has 1 unspecified atom stereocenters. The number of halogens is 4. The fourth-order valence-electron chi connectivity index (χ4n) is 2.00. The summed E-state index contributed by atoms with van der Waals surface area (Å²) in [6.07, 6.45) is 0.892. The van der Waals surface area contributed by atoms with E-state index in [1.807, 2.05) is 36.4 Å². The van der Waals surface area contributed by atoms with Gasteiger partial charge in [0.1, 0.15) is 0 Å². The zero-order valence-electron chi connectivity index (χ0n) is 10.8. The van der Waals surface area contributed by atoms with Crippen molar-refractivity contribution < 1.29 is 0 Å². The first-order chi connectivity index (χ1) is 9.51. The van der Waals surface area contributed by atoms with Crippen molar-refractivity contribution in [2.45, 2.75) is 19.4 Å². The van der Waals surface area contributed by atoms with Crippen LogP contribution in [0.2, 0.25) is 15.1 Å². The van der Waals surface area contributed by atoms with Crippen LogP contribution in [0.5, 0.6) is 0 Å². The fourth-order valence-corrected chi connectivity index (χ4v) is 3.52. The summed E-state index contributed by atoms with van der Waals surface area (Å²) in [7, 11) is 0. The largest absolute Gasteiger partial charge is 0.376 e. The minimum Gasteiger partial charge on any atom is -0.376 e. The van der Waals surface area contributed by atoms with E-state index in [9.17, 15) is 0 Å². The maximum absolute atomic E-state index is 6.25. The Balaban J connectivity index is 2.32. The van der Waals surface area contributed by atoms with E-state index in [2.05, 4.69) is 28.2 Å². The second-order valence-corrected chi connectivity index (χ2v) is 6.57. The molecule has 2 aromatic carbocycles. The molecule has 20 heavy (non-hydrogen) atoms. The molecule has 1 N–H and O–H groups in total. The van der Waals surface area contributed by atoms with Gasteiger partial charge < -0.3 is 5.32 Å². The van der Waals surface area contributed by atoms with Crippen molar-refractivity contribution in [2.75, 3.05) is 5.32 Å². The van der Waals surface area contributed by atoms with Crippen molar-refractivity contribution in [1.82, 2.24) is 0 Å². The summed E-state index contributed by atoms with van der Waals surface area (Å²) in [6.45, 7) is 2.10. The zero-order valence-corrected chi connectivity index (χ0v) is 14.6. The second kappa shape index (κ2) is 7.04. The molecule has 0 radical (unpaired) electrons. The molecule has 2 rings (SSSR count). The molecule has 1 atom stereocenters. The van der Waals surface area contributed by atoms with E-state index in [0.29, 0.717) is 10.0 Å². The van der Waals surface area contributed by atoms with E-state index >= 15 is 0 Å². The first kappa shape index (κ1) is 16.0. The minimum absolute atomic E-state index is 0.102. The summed E-state index contributed by atoms with van der Waals surface area (Å²) < 4.78 is 0.855. The van der Waals surface area contributed by atoms with Gasteiger partial charge in [-0.15, -0.1) is 0 Å². The van der Waals surface area contributed by atoms with E-state index in [1.54, 1.807) is 0 Å². The van der Waals surface area contributed by atoms with Crippen LogP contribution >= 0.6 is 50.7 Å². The average molecular weight is 394 g/mol. The quantitative estimate of drug-likeness (QED) is 0.591. The van der Waals surface area contributed by atoms with Crippen molar-refractivity contribution in [2.24, 2.45) is 0 Å². The van der Waals surface area contributed by atoms with Crippen molar-refractivity contribution in [3.8, 4) is 0 Å². The van der Waals surface area contributed by atoms with E-state index in [-0.39, 0.29) is 6.04 Å². The highest BCUT2D eigenvalue weighted by Crippen LogP contribution is 2.36. The van der Waals surface area contributed by atoms with Gasteiger partial charge in [-0.1, -0.05) is 69.8 Å². The molecule has 0 aliphatic carbocycles. The minimum atomic E-state index is 0.102. The lowest BCUT2D eigenvalue weighted by Gasteiger charge is -2.21. The summed E-state index contributed by atoms with van der Waals surface area (Å²) in [6, 6.07) is 11.5. The lowest BCUT2D eigenvalue weighted by molar-refractivity contribution is 0.749. The topological polar surface area (TPSA) is 12.0 Å². The number of benzene rings is 2. The lowest BCUT2D eigenvalue weighted by atomic mass is 10.0. The molecule has 2 aromatic rings. The van der Waals surface area contributed by atoms with Crippen LogP contribution in [0.15, 0.2) is 40.9 Å². The highest BCUT2D eigenvalue weighted by atomic mass is 79.9. The molecule has 0 aromatic heterocycles. The first-order valence-corrected chi connectivity index (χ1v) is 8.10. The van der Waals surface area contributed by atoms with Crippen LogP contribution in [-0.2, 0) is 0 Å². The normalized spacial score (nSPS) is 12.2. The maximum Gasteiger partial charge on any atom is 0.0724 e. The molecule has 0 fully saturated rings. The fraction of sp³-hybridized carbons (Fsp3) is 0.200. The molecular formula is C15H13BrCl3N. The van der Waals surface area contributed by atoms with Gasteiger partial charge in [0, 0.05) is 9.50 Å². The molecule has 5 heteroatoms. The molecular weight excluding hydrogens is 380 g/mol. The third-order valence-electron chi connectivity index (χ3n) is 2.98. The molecule has 0 aliphatic rings. The molecule has 0 heterocycles. The molecule has 0 saturated carbocycles. The predicted molar refractivity (Wildman–Crippen MR) is 92.3 cm³/mol. The third-order valence-corrected chi connectivity index (χ3v) is 4.27. The highest BCUT2D eigenvalue weighted by Gasteiger charge is 2.14. The van der Waals surface area contributed by atoms with Gasteiger partial charge in [-0.3, -0.25) is 0 Å². The van der Waals surface area contributed by atoms with E-state index in [1.165, 1.54) is 0 Å². The van der Waals surface area contributed by atoms with Crippen LogP contribution in [0.25, 0.3) is 0 Å². The lowest BCUT2D eigenvalue weighted by Crippen LogP contribution is -2.10. The smallest absolute Gasteiger partial charge is 0.0724 e. The number of hydrogen-bond donors (Lipinski definition) is 1. The Morgan fingerprint density at radius 3 is 2.30 bits per heavy atom. The van der Waals surface area contributed by atoms with Gasteiger partial charge >= 0.3 is 0 Å². The van der Waals surface area contributed by atoms with Crippen LogP contribution in [-0.4, -0.2) is 0 Å². The summed E-state index contributed by atoms with van der Waals surface area (Å²) in [5.74, 6) is 0. The van der Waals surface area contributed by atoms with Crippen LogP contribution in [0.1, 0.15) is 24.9 Å². The average Bonchev–Trinajstić information content (AvgIpc) is 2.38. The van der Waals surface area contributed by atoms with Crippen molar-refractivity contribution in [1.29, 1.82) is 0 Å². The monoisotopic (exact) mass is 391 g/mol. The Kier molecular flexibility index (Phi) is 5.62. The second-order valence-electron chi connectivity index (χ2n) is 4.40. The van der Waals surface area contributed by atoms with Crippen LogP contribution in [0.3, 0.4) is 0 Å². The van der Waals surface area contributed by atoms with Crippen LogP contribution < -0.4 is 5.32 Å². The van der Waals surface area contributed by atoms with Crippen LogP contribution in [0, 0.1) is 0 Å². The number of nitrogens with one attached hydrogen (secondary N) is 1. The molecule has 0 aliphatic heterocycles. The highest BCUT2D eigenvalue weighted by molar-refractivity contribution is 9.10. The number of hydrogen-bond acceptors (Lipinski definition) is 1. The number of anilines is 1. The Hall–Kier alpha value is -0.410. The van der Waals surface area contributed by atoms with Crippen LogP contribution in [0.4, 0.5) is 5.69 Å². The standard InChI is InChI=1S/C15H13BrCl3N/c1-2-14(9-4-3-5-11(17)6-9)20-15-12(18)7-10(16)8-13(15)19/h3-8,14,20H,2H2,1H3. The molecule has 106 valence electrons. The molecule has 0 bridgehead atoms. The summed E-state index contributed by atoms with van der Waals surface area (Å²) in [5.41, 5.74) is 1.85. The van der Waals surface area contributed by atoms with Crippen molar-refractivity contribution in [3.63, 3.8) is 0 Å². The first-order valence-electron chi connectivity index (χ1n) is 6.17. The van der Waals surface area contributed by atoms with Gasteiger partial charge in [0.25, 0.3) is 0 Å². The number of rotatable bonds is 4. The summed E-state index contributed by atoms with van der Waals surface area (Å²) >= 11 is 21.9. The predicted octanol–water partition coefficient (Wildman–Crippen LogP) is 6.97. The van der Waals surface area contributed by atoms with E-state index < -0.39 is 0 Å². The van der Waals surface area contributed by atoms with Crippen molar-refractivity contribution in [3.05, 3.63) is 61.5 Å². The van der Waals surface area contributed by atoms with Gasteiger partial charge in [-0.05, 0) is 36.2 Å². The van der Waals surface area contributed by atoms with Gasteiger partial charge in [-0.2, -0.15) is 0 Å². The molecule has 0 amide bonds. The van der Waals surface area contributed by atoms with Gasteiger partial charge in [-0.25, -0.2) is 0 Å². The maximum atomic E-state index is 6.25.